The molecular formula is C20H28N6O5. The van der Waals surface area contributed by atoms with E-state index in [9.17, 15) is 19.2 Å². The number of nitrogens with zero attached hydrogens (tertiary/aromatic N) is 2. The van der Waals surface area contributed by atoms with Gasteiger partial charge in [0.05, 0.1) is 6.21 Å². The maximum Gasteiger partial charge on any atom is 0.325 e. The first-order valence-corrected chi connectivity index (χ1v) is 9.60. The summed E-state index contributed by atoms with van der Waals surface area (Å²) in [6, 6.07) is 4.95. The van der Waals surface area contributed by atoms with Gasteiger partial charge in [-0.25, -0.2) is 4.79 Å². The summed E-state index contributed by atoms with van der Waals surface area (Å²) >= 11 is 0. The fourth-order valence-electron chi connectivity index (χ4n) is 2.91. The standard InChI is InChI=1S/C20H28N6O5/c1-19(2,3)31-16(28)14(21)10-23-15(27)11-26-17(29)20(4,25-18(26)30)13-7-5-12(6-8-13)9-24-22/h5-9,14H,10-11,21-22H2,1-4H3,(H,23,27)(H,25,30)/b24-9+. The molecule has 1 aromatic carbocycles. The van der Waals surface area contributed by atoms with Gasteiger partial charge in [-0.1, -0.05) is 24.3 Å². The molecule has 0 spiro atoms. The molecule has 2 rings (SSSR count). The highest BCUT2D eigenvalue weighted by atomic mass is 16.6. The molecule has 0 saturated carbocycles. The highest BCUT2D eigenvalue weighted by Crippen LogP contribution is 2.28. The van der Waals surface area contributed by atoms with Crippen LogP contribution in [0, 0.1) is 0 Å². The van der Waals surface area contributed by atoms with Crippen LogP contribution in [-0.4, -0.2) is 59.7 Å². The second-order valence-electron chi connectivity index (χ2n) is 8.29. The van der Waals surface area contributed by atoms with Crippen LogP contribution < -0.4 is 22.2 Å². The van der Waals surface area contributed by atoms with Gasteiger partial charge >= 0.3 is 12.0 Å². The summed E-state index contributed by atoms with van der Waals surface area (Å²) < 4.78 is 5.14. The first kappa shape index (κ1) is 23.8. The minimum atomic E-state index is -1.33. The SMILES string of the molecule is CC(C)(C)OC(=O)C(N)CNC(=O)CN1C(=O)NC(C)(c2ccc(/C=N/N)cc2)C1=O. The number of benzene rings is 1. The van der Waals surface area contributed by atoms with Crippen molar-refractivity contribution >= 4 is 30.0 Å². The summed E-state index contributed by atoms with van der Waals surface area (Å²) in [6.45, 7) is 5.94. The summed E-state index contributed by atoms with van der Waals surface area (Å²) in [5, 5.41) is 8.48. The average molecular weight is 432 g/mol. The van der Waals surface area contributed by atoms with Crippen LogP contribution >= 0.6 is 0 Å². The number of nitrogens with one attached hydrogen (secondary N) is 2. The van der Waals surface area contributed by atoms with E-state index in [1.807, 2.05) is 0 Å². The number of ether oxygens (including phenoxy) is 1. The first-order valence-electron chi connectivity index (χ1n) is 9.60. The fourth-order valence-corrected chi connectivity index (χ4v) is 2.91. The molecule has 0 bridgehead atoms. The topological polar surface area (TPSA) is 169 Å². The Bertz CT molecular complexity index is 892. The number of hydrogen-bond donors (Lipinski definition) is 4. The Hall–Kier alpha value is -3.47. The molecule has 168 valence electrons. The second kappa shape index (κ2) is 9.13. The first-order chi connectivity index (χ1) is 14.4. The molecule has 11 nitrogen and oxygen atoms in total. The zero-order valence-electron chi connectivity index (χ0n) is 18.0. The van der Waals surface area contributed by atoms with E-state index in [2.05, 4.69) is 15.7 Å². The Kier molecular flexibility index (Phi) is 7.01. The van der Waals surface area contributed by atoms with Gasteiger partial charge in [0.2, 0.25) is 5.91 Å². The van der Waals surface area contributed by atoms with Gasteiger partial charge in [-0.2, -0.15) is 5.10 Å². The van der Waals surface area contributed by atoms with Crippen LogP contribution in [0.3, 0.4) is 0 Å². The second-order valence-corrected chi connectivity index (χ2v) is 8.29. The van der Waals surface area contributed by atoms with Crippen molar-refractivity contribution in [2.45, 2.75) is 44.9 Å². The highest BCUT2D eigenvalue weighted by molar-refractivity contribution is 6.09. The van der Waals surface area contributed by atoms with Crippen LogP contribution in [0.2, 0.25) is 0 Å². The van der Waals surface area contributed by atoms with E-state index >= 15 is 0 Å². The molecule has 0 aromatic heterocycles. The number of hydrogen-bond acceptors (Lipinski definition) is 8. The average Bonchev–Trinajstić information content (AvgIpc) is 2.89. The minimum Gasteiger partial charge on any atom is -0.459 e. The molecule has 1 aromatic rings. The van der Waals surface area contributed by atoms with Crippen molar-refractivity contribution in [3.63, 3.8) is 0 Å². The Morgan fingerprint density at radius 3 is 2.45 bits per heavy atom. The van der Waals surface area contributed by atoms with Crippen molar-refractivity contribution in [3.8, 4) is 0 Å². The van der Waals surface area contributed by atoms with Crippen molar-refractivity contribution in [1.29, 1.82) is 0 Å². The number of nitrogens with two attached hydrogens (primary N) is 2. The van der Waals surface area contributed by atoms with Crippen molar-refractivity contribution < 1.29 is 23.9 Å². The molecule has 1 saturated heterocycles. The number of carbonyl (C=O) groups excluding carboxylic acids is 4. The third kappa shape index (κ3) is 5.79. The van der Waals surface area contributed by atoms with Gasteiger partial charge in [-0.3, -0.25) is 19.3 Å². The van der Waals surface area contributed by atoms with Crippen molar-refractivity contribution in [2.24, 2.45) is 16.7 Å². The molecule has 1 aliphatic rings. The summed E-state index contributed by atoms with van der Waals surface area (Å²) in [6.07, 6.45) is 1.44. The third-order valence-electron chi connectivity index (χ3n) is 4.52. The van der Waals surface area contributed by atoms with E-state index < -0.39 is 47.5 Å². The summed E-state index contributed by atoms with van der Waals surface area (Å²) in [5.41, 5.74) is 4.94. The number of carbonyl (C=O) groups is 4. The van der Waals surface area contributed by atoms with Gasteiger partial charge in [0.15, 0.2) is 0 Å². The van der Waals surface area contributed by atoms with Crippen LogP contribution in [0.4, 0.5) is 4.79 Å². The van der Waals surface area contributed by atoms with Crippen molar-refractivity contribution in [2.75, 3.05) is 13.1 Å². The summed E-state index contributed by atoms with van der Waals surface area (Å²) in [7, 11) is 0. The lowest BCUT2D eigenvalue weighted by Gasteiger charge is -2.23. The van der Waals surface area contributed by atoms with Crippen LogP contribution in [0.1, 0.15) is 38.8 Å². The Balaban J connectivity index is 1.99. The summed E-state index contributed by atoms with van der Waals surface area (Å²) in [4.78, 5) is 50.2. The lowest BCUT2D eigenvalue weighted by Crippen LogP contribution is -2.48. The lowest BCUT2D eigenvalue weighted by atomic mass is 9.91. The van der Waals surface area contributed by atoms with Gasteiger partial charge in [-0.15, -0.1) is 0 Å². The molecule has 2 atom stereocenters. The molecule has 2 unspecified atom stereocenters. The van der Waals surface area contributed by atoms with Gasteiger partial charge in [0.1, 0.15) is 23.7 Å². The van der Waals surface area contributed by atoms with Gasteiger partial charge < -0.3 is 26.9 Å². The van der Waals surface area contributed by atoms with Crippen LogP contribution in [0.15, 0.2) is 29.4 Å². The Labute approximate surface area is 180 Å². The van der Waals surface area contributed by atoms with Gasteiger partial charge in [0.25, 0.3) is 5.91 Å². The molecule has 31 heavy (non-hydrogen) atoms. The zero-order chi connectivity index (χ0) is 23.4. The van der Waals surface area contributed by atoms with Crippen LogP contribution in [-0.2, 0) is 24.7 Å². The zero-order valence-corrected chi connectivity index (χ0v) is 18.0. The largest absolute Gasteiger partial charge is 0.459 e. The number of imide groups is 1. The molecule has 6 N–H and O–H groups in total. The fraction of sp³-hybridized carbons (Fsp3) is 0.450. The molecule has 0 radical (unpaired) electrons. The van der Waals surface area contributed by atoms with Crippen molar-refractivity contribution in [3.05, 3.63) is 35.4 Å². The van der Waals surface area contributed by atoms with E-state index in [4.69, 9.17) is 16.3 Å². The number of esters is 1. The number of amides is 4. The monoisotopic (exact) mass is 432 g/mol. The third-order valence-corrected chi connectivity index (χ3v) is 4.52. The number of urea groups is 1. The normalized spacial score (nSPS) is 20.0. The molecule has 11 heteroatoms. The maximum absolute atomic E-state index is 12.9. The highest BCUT2D eigenvalue weighted by Gasteiger charge is 2.49. The number of rotatable bonds is 7. The molecule has 1 fully saturated rings. The van der Waals surface area contributed by atoms with E-state index in [0.29, 0.717) is 5.56 Å². The molecule has 1 heterocycles. The van der Waals surface area contributed by atoms with E-state index in [0.717, 1.165) is 10.5 Å². The Morgan fingerprint density at radius 2 is 1.90 bits per heavy atom. The predicted molar refractivity (Wildman–Crippen MR) is 113 cm³/mol. The molecule has 0 aliphatic carbocycles. The minimum absolute atomic E-state index is 0.196. The molecule has 4 amide bonds. The molecule has 1 aliphatic heterocycles. The molecular weight excluding hydrogens is 404 g/mol. The predicted octanol–water partition coefficient (Wildman–Crippen LogP) is -0.469. The quantitative estimate of drug-likeness (QED) is 0.148. The van der Waals surface area contributed by atoms with Gasteiger partial charge in [-0.05, 0) is 38.8 Å². The van der Waals surface area contributed by atoms with Crippen molar-refractivity contribution in [1.82, 2.24) is 15.5 Å². The van der Waals surface area contributed by atoms with E-state index in [-0.39, 0.29) is 6.54 Å². The van der Waals surface area contributed by atoms with Crippen LogP contribution in [0.5, 0.6) is 0 Å². The van der Waals surface area contributed by atoms with Crippen LogP contribution in [0.25, 0.3) is 0 Å². The summed E-state index contributed by atoms with van der Waals surface area (Å²) in [5.74, 6) is 3.23. The smallest absolute Gasteiger partial charge is 0.325 e. The Morgan fingerprint density at radius 1 is 1.29 bits per heavy atom. The van der Waals surface area contributed by atoms with E-state index in [1.165, 1.54) is 6.21 Å². The van der Waals surface area contributed by atoms with Gasteiger partial charge in [0, 0.05) is 6.54 Å². The lowest BCUT2D eigenvalue weighted by molar-refractivity contribution is -0.156. The number of hydrazone groups is 1. The van der Waals surface area contributed by atoms with E-state index in [1.54, 1.807) is 52.0 Å². The maximum atomic E-state index is 12.9.